The Kier molecular flexibility index (Phi) is 6.65. The normalized spacial score (nSPS) is 11.6. The monoisotopic (exact) mass is 269 g/mol. The lowest BCUT2D eigenvalue weighted by Gasteiger charge is -2.10. The molecule has 0 saturated carbocycles. The van der Waals surface area contributed by atoms with Crippen LogP contribution < -0.4 is 4.72 Å². The summed E-state index contributed by atoms with van der Waals surface area (Å²) in [5.74, 6) is 0. The predicted molar refractivity (Wildman–Crippen MR) is 74.7 cm³/mol. The van der Waals surface area contributed by atoms with Crippen LogP contribution in [0, 0.1) is 0 Å². The minimum Gasteiger partial charge on any atom is -0.445 e. The first kappa shape index (κ1) is 14.0. The number of carbonyl (C=O) groups excluding carboxylic acids is 1. The van der Waals surface area contributed by atoms with Crippen LogP contribution in [0.25, 0.3) is 0 Å². The zero-order chi connectivity index (χ0) is 12.5. The van der Waals surface area contributed by atoms with Crippen molar-refractivity contribution in [2.24, 2.45) is 0 Å². The van der Waals surface area contributed by atoms with E-state index in [1.165, 1.54) is 22.6 Å². The van der Waals surface area contributed by atoms with Gasteiger partial charge in [-0.05, 0) is 12.5 Å². The Morgan fingerprint density at radius 2 is 2.24 bits per heavy atom. The summed E-state index contributed by atoms with van der Waals surface area (Å²) in [4.78, 5) is 11.1. The molecule has 0 aliphatic heterocycles. The Bertz CT molecular complexity index is 357. The Balaban J connectivity index is 2.22. The van der Waals surface area contributed by atoms with E-state index in [1.807, 2.05) is 18.2 Å². The van der Waals surface area contributed by atoms with Crippen molar-refractivity contribution < 1.29 is 9.53 Å². The third-order valence-corrected chi connectivity index (χ3v) is 4.23. The second-order valence-corrected chi connectivity index (χ2v) is 5.57. The topological polar surface area (TPSA) is 38.3 Å². The van der Waals surface area contributed by atoms with Crippen molar-refractivity contribution in [3.05, 3.63) is 48.6 Å². The maximum absolute atomic E-state index is 11.1. The molecule has 0 saturated heterocycles. The molecule has 1 aromatic rings. The molecule has 0 spiro atoms. The van der Waals surface area contributed by atoms with E-state index >= 15 is 0 Å². The average molecular weight is 269 g/mol. The van der Waals surface area contributed by atoms with Crippen LogP contribution in [0.5, 0.6) is 0 Å². The predicted octanol–water partition coefficient (Wildman–Crippen LogP) is 3.96. The van der Waals surface area contributed by atoms with Crippen molar-refractivity contribution in [3.8, 4) is 0 Å². The van der Waals surface area contributed by atoms with Crippen molar-refractivity contribution >= 4 is 27.9 Å². The van der Waals surface area contributed by atoms with E-state index in [2.05, 4.69) is 30.4 Å². The first-order valence-electron chi connectivity index (χ1n) is 5.15. The Hall–Kier alpha value is -1.07. The molecule has 1 amide bonds. The van der Waals surface area contributed by atoms with Gasteiger partial charge in [-0.15, -0.1) is 0 Å². The molecule has 1 unspecified atom stereocenters. The fourth-order valence-corrected chi connectivity index (χ4v) is 2.78. The summed E-state index contributed by atoms with van der Waals surface area (Å²) in [6, 6.07) is 10.1. The molecule has 3 nitrogen and oxygen atoms in total. The van der Waals surface area contributed by atoms with Crippen LogP contribution in [0.15, 0.2) is 43.0 Å². The molecular formula is C12H15NO2S2. The highest BCUT2D eigenvalue weighted by atomic mass is 33.1. The fourth-order valence-electron chi connectivity index (χ4n) is 1.07. The van der Waals surface area contributed by atoms with Crippen molar-refractivity contribution in [1.82, 2.24) is 4.72 Å². The molecule has 0 radical (unpaired) electrons. The van der Waals surface area contributed by atoms with Crippen LogP contribution in [0.3, 0.4) is 0 Å². The van der Waals surface area contributed by atoms with E-state index in [9.17, 15) is 4.79 Å². The number of benzene rings is 1. The van der Waals surface area contributed by atoms with Gasteiger partial charge in [0.05, 0.1) is 0 Å². The molecule has 0 fully saturated rings. The van der Waals surface area contributed by atoms with Crippen LogP contribution in [0.1, 0.15) is 17.7 Å². The highest BCUT2D eigenvalue weighted by Crippen LogP contribution is 2.35. The number of hydrogen-bond donors (Lipinski definition) is 1. The van der Waals surface area contributed by atoms with Crippen LogP contribution in [-0.2, 0) is 4.74 Å². The lowest BCUT2D eigenvalue weighted by molar-refractivity contribution is 0.166. The van der Waals surface area contributed by atoms with Gasteiger partial charge in [0.2, 0.25) is 0 Å². The first-order valence-corrected chi connectivity index (χ1v) is 7.36. The third-order valence-electron chi connectivity index (χ3n) is 1.92. The van der Waals surface area contributed by atoms with Crippen molar-refractivity contribution in [2.45, 2.75) is 12.2 Å². The summed E-state index contributed by atoms with van der Waals surface area (Å²) in [7, 11) is 2.84. The van der Waals surface area contributed by atoms with Gasteiger partial charge in [-0.1, -0.05) is 53.8 Å². The molecule has 5 heteroatoms. The Morgan fingerprint density at radius 1 is 1.53 bits per heavy atom. The molecule has 1 aromatic carbocycles. The smallest absolute Gasteiger partial charge is 0.418 e. The fraction of sp³-hybridized carbons (Fsp3) is 0.250. The Morgan fingerprint density at radius 3 is 2.88 bits per heavy atom. The number of rotatable bonds is 6. The highest BCUT2D eigenvalue weighted by molar-refractivity contribution is 8.76. The molecule has 1 N–H and O–H groups in total. The SMILES string of the molecule is C=CCOC(=O)NSSC(C)c1ccccc1. The summed E-state index contributed by atoms with van der Waals surface area (Å²) in [6.07, 6.45) is 1.09. The van der Waals surface area contributed by atoms with Crippen molar-refractivity contribution in [3.63, 3.8) is 0 Å². The number of carbonyl (C=O) groups is 1. The summed E-state index contributed by atoms with van der Waals surface area (Å²) < 4.78 is 7.37. The van der Waals surface area contributed by atoms with Crippen LogP contribution in [-0.4, -0.2) is 12.7 Å². The van der Waals surface area contributed by atoms with Crippen molar-refractivity contribution in [1.29, 1.82) is 0 Å². The van der Waals surface area contributed by atoms with Gasteiger partial charge in [0.1, 0.15) is 6.61 Å². The van der Waals surface area contributed by atoms with Crippen LogP contribution in [0.2, 0.25) is 0 Å². The number of ether oxygens (including phenoxy) is 1. The van der Waals surface area contributed by atoms with E-state index in [0.29, 0.717) is 5.25 Å². The summed E-state index contributed by atoms with van der Waals surface area (Å²) in [5, 5.41) is 0.306. The molecule has 0 heterocycles. The van der Waals surface area contributed by atoms with Gasteiger partial charge in [0.15, 0.2) is 0 Å². The molecule has 92 valence electrons. The van der Waals surface area contributed by atoms with E-state index in [4.69, 9.17) is 4.74 Å². The minimum atomic E-state index is -0.442. The van der Waals surface area contributed by atoms with E-state index in [-0.39, 0.29) is 6.61 Å². The molecule has 17 heavy (non-hydrogen) atoms. The molecule has 0 aromatic heterocycles. The van der Waals surface area contributed by atoms with E-state index in [1.54, 1.807) is 10.8 Å². The zero-order valence-electron chi connectivity index (χ0n) is 9.59. The molecule has 1 atom stereocenters. The molecule has 1 rings (SSSR count). The lowest BCUT2D eigenvalue weighted by Crippen LogP contribution is -2.16. The Labute approximate surface area is 110 Å². The summed E-state index contributed by atoms with van der Waals surface area (Å²) in [5.41, 5.74) is 1.23. The average Bonchev–Trinajstić information content (AvgIpc) is 2.37. The standard InChI is InChI=1S/C12H15NO2S2/c1-3-9-15-12(14)13-17-16-10(2)11-7-5-4-6-8-11/h3-8,10H,1,9H2,2H3,(H,13,14). The van der Waals surface area contributed by atoms with E-state index in [0.717, 1.165) is 0 Å². The number of nitrogens with one attached hydrogen (secondary N) is 1. The molecule has 0 aliphatic rings. The second kappa shape index (κ2) is 8.08. The van der Waals surface area contributed by atoms with Gasteiger partial charge in [-0.25, -0.2) is 4.79 Å². The third kappa shape index (κ3) is 5.70. The second-order valence-electron chi connectivity index (χ2n) is 3.22. The van der Waals surface area contributed by atoms with E-state index < -0.39 is 6.09 Å². The van der Waals surface area contributed by atoms with Gasteiger partial charge in [0, 0.05) is 16.2 Å². The number of hydrogen-bond acceptors (Lipinski definition) is 4. The lowest BCUT2D eigenvalue weighted by atomic mass is 10.2. The van der Waals surface area contributed by atoms with Gasteiger partial charge >= 0.3 is 6.09 Å². The summed E-state index contributed by atoms with van der Waals surface area (Å²) >= 11 is 0. The van der Waals surface area contributed by atoms with Gasteiger partial charge < -0.3 is 4.74 Å². The van der Waals surface area contributed by atoms with Gasteiger partial charge in [-0.2, -0.15) is 0 Å². The van der Waals surface area contributed by atoms with Crippen molar-refractivity contribution in [2.75, 3.05) is 6.61 Å². The minimum absolute atomic E-state index is 0.227. The highest BCUT2D eigenvalue weighted by Gasteiger charge is 2.07. The first-order chi connectivity index (χ1) is 8.24. The quantitative estimate of drug-likeness (QED) is 0.482. The number of amides is 1. The van der Waals surface area contributed by atoms with Crippen LogP contribution in [0.4, 0.5) is 4.79 Å². The molecule has 0 aliphatic carbocycles. The molecular weight excluding hydrogens is 254 g/mol. The largest absolute Gasteiger partial charge is 0.445 e. The van der Waals surface area contributed by atoms with Gasteiger partial charge in [-0.3, -0.25) is 4.72 Å². The molecule has 0 bridgehead atoms. The van der Waals surface area contributed by atoms with Crippen LogP contribution >= 0.6 is 21.8 Å². The maximum Gasteiger partial charge on any atom is 0.418 e. The van der Waals surface area contributed by atoms with Gasteiger partial charge in [0.25, 0.3) is 0 Å². The maximum atomic E-state index is 11.1. The zero-order valence-corrected chi connectivity index (χ0v) is 11.2. The summed E-state index contributed by atoms with van der Waals surface area (Å²) in [6.45, 7) is 5.78.